The molecule has 3 heterocycles. The standard InChI is InChI=1S/C21H20ClN3O2/c1-13-7-9-14(10-8-13)25-20(26)17-18(15-5-2-3-6-16(15)22)23-11-4-12-24(23)19(17)21(25)27/h2-3,5-10,17-19H,4,11-12H2,1H3/t17-,18+,19+/m0/s1. The first-order chi connectivity index (χ1) is 13.1. The topological polar surface area (TPSA) is 43.9 Å². The minimum absolute atomic E-state index is 0.129. The lowest BCUT2D eigenvalue weighted by molar-refractivity contribution is -0.126. The second kappa shape index (κ2) is 6.16. The molecule has 5 nitrogen and oxygen atoms in total. The summed E-state index contributed by atoms with van der Waals surface area (Å²) >= 11 is 6.48. The zero-order chi connectivity index (χ0) is 18.7. The number of hydrazine groups is 1. The van der Waals surface area contributed by atoms with Crippen LogP contribution in [0.1, 0.15) is 23.6 Å². The third kappa shape index (κ3) is 2.39. The largest absolute Gasteiger partial charge is 0.274 e. The van der Waals surface area contributed by atoms with E-state index in [0.717, 1.165) is 30.6 Å². The molecule has 0 saturated carbocycles. The van der Waals surface area contributed by atoms with E-state index < -0.39 is 12.0 Å². The average molecular weight is 382 g/mol. The third-order valence-electron chi connectivity index (χ3n) is 5.92. The lowest BCUT2D eigenvalue weighted by atomic mass is 9.90. The Bertz CT molecular complexity index is 929. The minimum atomic E-state index is -0.442. The van der Waals surface area contributed by atoms with Gasteiger partial charge in [0.25, 0.3) is 5.91 Å². The van der Waals surface area contributed by atoms with E-state index >= 15 is 0 Å². The number of benzene rings is 2. The summed E-state index contributed by atoms with van der Waals surface area (Å²) in [5.74, 6) is -0.692. The summed E-state index contributed by atoms with van der Waals surface area (Å²) < 4.78 is 0. The Morgan fingerprint density at radius 1 is 0.889 bits per heavy atom. The highest BCUT2D eigenvalue weighted by molar-refractivity contribution is 6.31. The summed E-state index contributed by atoms with van der Waals surface area (Å²) in [7, 11) is 0. The maximum absolute atomic E-state index is 13.4. The van der Waals surface area contributed by atoms with Crippen LogP contribution in [0.4, 0.5) is 5.69 Å². The van der Waals surface area contributed by atoms with Gasteiger partial charge in [-0.25, -0.2) is 14.9 Å². The van der Waals surface area contributed by atoms with Crippen molar-refractivity contribution in [1.29, 1.82) is 0 Å². The molecule has 5 rings (SSSR count). The number of halogens is 1. The van der Waals surface area contributed by atoms with Gasteiger partial charge < -0.3 is 0 Å². The molecule has 3 aliphatic heterocycles. The van der Waals surface area contributed by atoms with Crippen LogP contribution in [0.3, 0.4) is 0 Å². The molecule has 27 heavy (non-hydrogen) atoms. The molecule has 0 bridgehead atoms. The molecule has 0 N–H and O–H groups in total. The van der Waals surface area contributed by atoms with Gasteiger partial charge in [-0.3, -0.25) is 9.59 Å². The van der Waals surface area contributed by atoms with E-state index in [1.807, 2.05) is 55.5 Å². The number of fused-ring (bicyclic) bond motifs is 3. The number of nitrogens with zero attached hydrogens (tertiary/aromatic N) is 3. The van der Waals surface area contributed by atoms with Crippen molar-refractivity contribution >= 4 is 29.1 Å². The van der Waals surface area contributed by atoms with Crippen molar-refractivity contribution in [3.63, 3.8) is 0 Å². The fraction of sp³-hybridized carbons (Fsp3) is 0.333. The van der Waals surface area contributed by atoms with Crippen molar-refractivity contribution in [2.75, 3.05) is 18.0 Å². The van der Waals surface area contributed by atoms with Crippen LogP contribution in [0.25, 0.3) is 0 Å². The summed E-state index contributed by atoms with van der Waals surface area (Å²) in [6.45, 7) is 3.62. The minimum Gasteiger partial charge on any atom is -0.274 e. The summed E-state index contributed by atoms with van der Waals surface area (Å²) in [4.78, 5) is 28.1. The van der Waals surface area contributed by atoms with Gasteiger partial charge in [-0.1, -0.05) is 47.5 Å². The zero-order valence-electron chi connectivity index (χ0n) is 15.0. The third-order valence-corrected chi connectivity index (χ3v) is 6.27. The smallest absolute Gasteiger partial charge is 0.253 e. The monoisotopic (exact) mass is 381 g/mol. The van der Waals surface area contributed by atoms with Crippen LogP contribution in [0.2, 0.25) is 5.02 Å². The number of rotatable bonds is 2. The number of imide groups is 1. The molecule has 0 aliphatic carbocycles. The van der Waals surface area contributed by atoms with E-state index in [0.29, 0.717) is 10.7 Å². The number of hydrogen-bond donors (Lipinski definition) is 0. The summed E-state index contributed by atoms with van der Waals surface area (Å²) in [6, 6.07) is 14.6. The van der Waals surface area contributed by atoms with Crippen molar-refractivity contribution in [3.8, 4) is 0 Å². The Kier molecular flexibility index (Phi) is 3.86. The number of amides is 2. The van der Waals surface area contributed by atoms with Crippen molar-refractivity contribution in [3.05, 3.63) is 64.7 Å². The summed E-state index contributed by atoms with van der Waals surface area (Å²) in [5.41, 5.74) is 2.66. The van der Waals surface area contributed by atoms with Gasteiger partial charge in [-0.15, -0.1) is 0 Å². The molecule has 0 unspecified atom stereocenters. The predicted octanol–water partition coefficient (Wildman–Crippen LogP) is 3.18. The Morgan fingerprint density at radius 2 is 1.56 bits per heavy atom. The molecular weight excluding hydrogens is 362 g/mol. The van der Waals surface area contributed by atoms with E-state index in [9.17, 15) is 9.59 Å². The van der Waals surface area contributed by atoms with Crippen LogP contribution in [-0.2, 0) is 9.59 Å². The maximum atomic E-state index is 13.4. The fourth-order valence-corrected chi connectivity index (χ4v) is 5.00. The Morgan fingerprint density at radius 3 is 2.26 bits per heavy atom. The highest BCUT2D eigenvalue weighted by Crippen LogP contribution is 2.50. The van der Waals surface area contributed by atoms with Crippen LogP contribution >= 0.6 is 11.6 Å². The van der Waals surface area contributed by atoms with Gasteiger partial charge in [-0.05, 0) is 37.1 Å². The number of carbonyl (C=O) groups excluding carboxylic acids is 2. The van der Waals surface area contributed by atoms with Gasteiger partial charge in [0, 0.05) is 18.1 Å². The van der Waals surface area contributed by atoms with Crippen LogP contribution in [0, 0.1) is 12.8 Å². The van der Waals surface area contributed by atoms with Gasteiger partial charge in [-0.2, -0.15) is 0 Å². The van der Waals surface area contributed by atoms with E-state index in [2.05, 4.69) is 10.0 Å². The number of aryl methyl sites for hydroxylation is 1. The van der Waals surface area contributed by atoms with Crippen molar-refractivity contribution < 1.29 is 9.59 Å². The fourth-order valence-electron chi connectivity index (χ4n) is 4.75. The number of anilines is 1. The molecule has 2 amide bonds. The van der Waals surface area contributed by atoms with Crippen molar-refractivity contribution in [2.24, 2.45) is 5.92 Å². The summed E-state index contributed by atoms with van der Waals surface area (Å²) in [6.07, 6.45) is 0.982. The first kappa shape index (κ1) is 16.9. The molecule has 138 valence electrons. The number of carbonyl (C=O) groups is 2. The molecule has 0 radical (unpaired) electrons. The SMILES string of the molecule is Cc1ccc(N2C(=O)[C@H]3[C@@H](c4ccccc4Cl)N4CCCN4[C@H]3C2=O)cc1. The maximum Gasteiger partial charge on any atom is 0.253 e. The quantitative estimate of drug-likeness (QED) is 0.749. The van der Waals surface area contributed by atoms with Crippen LogP contribution in [0.5, 0.6) is 0 Å². The zero-order valence-corrected chi connectivity index (χ0v) is 15.8. The first-order valence-corrected chi connectivity index (χ1v) is 9.68. The second-order valence-corrected chi connectivity index (χ2v) is 7.87. The van der Waals surface area contributed by atoms with Crippen LogP contribution < -0.4 is 4.90 Å². The van der Waals surface area contributed by atoms with E-state index in [-0.39, 0.29) is 17.9 Å². The molecule has 0 spiro atoms. The molecule has 2 aromatic rings. The molecule has 0 aromatic heterocycles. The van der Waals surface area contributed by atoms with Crippen LogP contribution in [0.15, 0.2) is 48.5 Å². The van der Waals surface area contributed by atoms with E-state index in [1.54, 1.807) is 0 Å². The molecule has 3 fully saturated rings. The molecular formula is C21H20ClN3O2. The highest BCUT2D eigenvalue weighted by Gasteiger charge is 2.63. The predicted molar refractivity (Wildman–Crippen MR) is 103 cm³/mol. The molecule has 2 aromatic carbocycles. The molecule has 3 aliphatic rings. The molecule has 3 atom stereocenters. The van der Waals surface area contributed by atoms with Crippen molar-refractivity contribution in [2.45, 2.75) is 25.4 Å². The number of hydrogen-bond acceptors (Lipinski definition) is 4. The van der Waals surface area contributed by atoms with Crippen LogP contribution in [-0.4, -0.2) is 41.0 Å². The normalized spacial score (nSPS) is 28.1. The van der Waals surface area contributed by atoms with E-state index in [4.69, 9.17) is 11.6 Å². The first-order valence-electron chi connectivity index (χ1n) is 9.30. The highest BCUT2D eigenvalue weighted by atomic mass is 35.5. The summed E-state index contributed by atoms with van der Waals surface area (Å²) in [5, 5.41) is 4.91. The van der Waals surface area contributed by atoms with Gasteiger partial charge in [0.2, 0.25) is 5.91 Å². The van der Waals surface area contributed by atoms with Crippen molar-refractivity contribution in [1.82, 2.24) is 10.0 Å². The lowest BCUT2D eigenvalue weighted by Crippen LogP contribution is -2.44. The van der Waals surface area contributed by atoms with Gasteiger partial charge in [0.05, 0.1) is 17.6 Å². The Balaban J connectivity index is 1.60. The Hall–Kier alpha value is -2.21. The second-order valence-electron chi connectivity index (χ2n) is 7.46. The van der Waals surface area contributed by atoms with Gasteiger partial charge in [0.1, 0.15) is 6.04 Å². The van der Waals surface area contributed by atoms with E-state index in [1.165, 1.54) is 4.90 Å². The molecule has 3 saturated heterocycles. The average Bonchev–Trinajstić information content (AvgIpc) is 3.30. The van der Waals surface area contributed by atoms with Gasteiger partial charge >= 0.3 is 0 Å². The lowest BCUT2D eigenvalue weighted by Gasteiger charge is -2.30. The molecule has 6 heteroatoms. The van der Waals surface area contributed by atoms with Gasteiger partial charge in [0.15, 0.2) is 0 Å². The Labute approximate surface area is 163 Å².